The van der Waals surface area contributed by atoms with E-state index in [1.165, 1.54) is 12.1 Å². The molecule has 1 heterocycles. The molecule has 0 atom stereocenters. The Morgan fingerprint density at radius 2 is 2.21 bits per heavy atom. The molecule has 0 radical (unpaired) electrons. The van der Waals surface area contributed by atoms with Gasteiger partial charge in [0.2, 0.25) is 0 Å². The Balaban J connectivity index is 2.63. The fourth-order valence-electron chi connectivity index (χ4n) is 1.86. The molecule has 0 saturated carbocycles. The predicted octanol–water partition coefficient (Wildman–Crippen LogP) is 2.28. The number of nitrogens with two attached hydrogens (primary N) is 1. The van der Waals surface area contributed by atoms with Crippen molar-refractivity contribution in [3.8, 4) is 5.69 Å². The van der Waals surface area contributed by atoms with Crippen LogP contribution in [0.4, 0.5) is 11.5 Å². The fourth-order valence-corrected chi connectivity index (χ4v) is 2.09. The van der Waals surface area contributed by atoms with Crippen molar-refractivity contribution in [3.63, 3.8) is 0 Å². The second kappa shape index (κ2) is 4.85. The Kier molecular flexibility index (Phi) is 3.39. The fraction of sp³-hybridized carbons (Fsp3) is 0.273. The Hall–Kier alpha value is -2.15. The van der Waals surface area contributed by atoms with E-state index in [2.05, 4.69) is 10.3 Å². The van der Waals surface area contributed by atoms with Gasteiger partial charge in [-0.1, -0.05) is 23.7 Å². The van der Waals surface area contributed by atoms with Gasteiger partial charge in [0.25, 0.3) is 5.69 Å². The first kappa shape index (κ1) is 13.3. The third kappa shape index (κ3) is 2.24. The second-order valence-electron chi connectivity index (χ2n) is 4.03. The highest BCUT2D eigenvalue weighted by atomic mass is 35.5. The lowest BCUT2D eigenvalue weighted by Crippen LogP contribution is -2.05. The van der Waals surface area contributed by atoms with E-state index < -0.39 is 4.92 Å². The monoisotopic (exact) mass is 281 g/mol. The van der Waals surface area contributed by atoms with Crippen LogP contribution in [-0.4, -0.2) is 19.9 Å². The molecule has 0 unspecified atom stereocenters. The summed E-state index contributed by atoms with van der Waals surface area (Å²) in [6, 6.07) is 2.91. The molecule has 0 fully saturated rings. The van der Waals surface area contributed by atoms with Crippen LogP contribution in [0.3, 0.4) is 0 Å². The Labute approximate surface area is 114 Å². The van der Waals surface area contributed by atoms with Crippen molar-refractivity contribution in [2.24, 2.45) is 0 Å². The first-order valence-corrected chi connectivity index (χ1v) is 5.98. The minimum atomic E-state index is -0.518. The van der Waals surface area contributed by atoms with E-state index in [-0.39, 0.29) is 10.7 Å². The number of nitrogens with zero attached hydrogens (tertiary/aromatic N) is 4. The molecular weight excluding hydrogens is 270 g/mol. The molecular formula is C11H12ClN5O2. The highest BCUT2D eigenvalue weighted by Gasteiger charge is 2.18. The number of nitrogen functional groups attached to an aromatic ring is 1. The summed E-state index contributed by atoms with van der Waals surface area (Å²) in [4.78, 5) is 10.3. The van der Waals surface area contributed by atoms with Crippen LogP contribution >= 0.6 is 11.6 Å². The first-order chi connectivity index (χ1) is 8.95. The molecule has 2 aromatic rings. The van der Waals surface area contributed by atoms with Crippen molar-refractivity contribution in [1.29, 1.82) is 0 Å². The smallest absolute Gasteiger partial charge is 0.288 e. The minimum absolute atomic E-state index is 0.0572. The van der Waals surface area contributed by atoms with Crippen molar-refractivity contribution in [3.05, 3.63) is 38.5 Å². The number of benzene rings is 1. The van der Waals surface area contributed by atoms with Crippen LogP contribution in [0, 0.1) is 17.0 Å². The summed E-state index contributed by atoms with van der Waals surface area (Å²) in [5.41, 5.74) is 7.65. The van der Waals surface area contributed by atoms with Crippen molar-refractivity contribution in [1.82, 2.24) is 15.0 Å². The number of aryl methyl sites for hydroxylation is 1. The lowest BCUT2D eigenvalue weighted by Gasteiger charge is -2.09. The number of halogens is 1. The number of anilines is 1. The van der Waals surface area contributed by atoms with Crippen LogP contribution < -0.4 is 5.73 Å². The molecule has 0 aliphatic heterocycles. The van der Waals surface area contributed by atoms with Gasteiger partial charge in [0.05, 0.1) is 16.3 Å². The average Bonchev–Trinajstić information content (AvgIpc) is 2.72. The molecule has 0 saturated heterocycles. The van der Waals surface area contributed by atoms with Gasteiger partial charge in [0, 0.05) is 6.07 Å². The largest absolute Gasteiger partial charge is 0.381 e. The van der Waals surface area contributed by atoms with E-state index in [4.69, 9.17) is 17.3 Å². The summed E-state index contributed by atoms with van der Waals surface area (Å²) < 4.78 is 1.56. The molecule has 2 N–H and O–H groups in total. The van der Waals surface area contributed by atoms with Gasteiger partial charge < -0.3 is 5.73 Å². The summed E-state index contributed by atoms with van der Waals surface area (Å²) >= 11 is 5.91. The maximum absolute atomic E-state index is 10.8. The van der Waals surface area contributed by atoms with Crippen LogP contribution in [0.25, 0.3) is 5.69 Å². The number of hydrogen-bond donors (Lipinski definition) is 1. The Bertz CT molecular complexity index is 653. The maximum Gasteiger partial charge on any atom is 0.288 e. The van der Waals surface area contributed by atoms with Gasteiger partial charge in [-0.15, -0.1) is 5.10 Å². The molecule has 0 aliphatic carbocycles. The predicted molar refractivity (Wildman–Crippen MR) is 71.6 cm³/mol. The molecule has 0 amide bonds. The molecule has 0 bridgehead atoms. The van der Waals surface area contributed by atoms with Gasteiger partial charge in [0.1, 0.15) is 5.02 Å². The first-order valence-electron chi connectivity index (χ1n) is 5.60. The standard InChI is InChI=1S/C11H12ClN5O2/c1-3-8-11(13)14-15-16(8)9-5-7(12)10(17(18)19)4-6(9)2/h4-5H,3,13H2,1-2H3. The average molecular weight is 282 g/mol. The number of nitro benzene ring substituents is 1. The van der Waals surface area contributed by atoms with Gasteiger partial charge >= 0.3 is 0 Å². The highest BCUT2D eigenvalue weighted by Crippen LogP contribution is 2.30. The summed E-state index contributed by atoms with van der Waals surface area (Å²) in [6.07, 6.45) is 0.646. The maximum atomic E-state index is 10.8. The van der Waals surface area contributed by atoms with Crippen molar-refractivity contribution in [2.75, 3.05) is 5.73 Å². The van der Waals surface area contributed by atoms with E-state index >= 15 is 0 Å². The van der Waals surface area contributed by atoms with E-state index in [1.807, 2.05) is 6.92 Å². The third-order valence-corrected chi connectivity index (χ3v) is 3.12. The van der Waals surface area contributed by atoms with Crippen LogP contribution in [-0.2, 0) is 6.42 Å². The highest BCUT2D eigenvalue weighted by molar-refractivity contribution is 6.32. The lowest BCUT2D eigenvalue weighted by atomic mass is 10.1. The SMILES string of the molecule is CCc1c(N)nnn1-c1cc(Cl)c([N+](=O)[O-])cc1C. The van der Waals surface area contributed by atoms with Crippen molar-refractivity contribution in [2.45, 2.75) is 20.3 Å². The molecule has 0 aliphatic rings. The van der Waals surface area contributed by atoms with Crippen LogP contribution in [0.5, 0.6) is 0 Å². The van der Waals surface area contributed by atoms with Gasteiger partial charge in [0.15, 0.2) is 5.82 Å². The van der Waals surface area contributed by atoms with E-state index in [1.54, 1.807) is 11.6 Å². The number of nitro groups is 1. The number of hydrogen-bond acceptors (Lipinski definition) is 5. The summed E-state index contributed by atoms with van der Waals surface area (Å²) in [5, 5.41) is 18.6. The number of aromatic nitrogens is 3. The minimum Gasteiger partial charge on any atom is -0.381 e. The Morgan fingerprint density at radius 3 is 2.79 bits per heavy atom. The number of rotatable bonds is 3. The van der Waals surface area contributed by atoms with Crippen LogP contribution in [0.1, 0.15) is 18.2 Å². The molecule has 7 nitrogen and oxygen atoms in total. The lowest BCUT2D eigenvalue weighted by molar-refractivity contribution is -0.384. The van der Waals surface area contributed by atoms with Crippen molar-refractivity contribution < 1.29 is 4.92 Å². The third-order valence-electron chi connectivity index (χ3n) is 2.82. The Morgan fingerprint density at radius 1 is 1.53 bits per heavy atom. The zero-order valence-corrected chi connectivity index (χ0v) is 11.2. The van der Waals surface area contributed by atoms with E-state index in [9.17, 15) is 10.1 Å². The van der Waals surface area contributed by atoms with Crippen molar-refractivity contribution >= 4 is 23.1 Å². The molecule has 0 spiro atoms. The summed E-state index contributed by atoms with van der Waals surface area (Å²) in [6.45, 7) is 3.67. The zero-order valence-electron chi connectivity index (χ0n) is 10.4. The van der Waals surface area contributed by atoms with Gasteiger partial charge in [-0.2, -0.15) is 0 Å². The molecule has 1 aromatic heterocycles. The quantitative estimate of drug-likeness (QED) is 0.687. The van der Waals surface area contributed by atoms with Crippen LogP contribution in [0.2, 0.25) is 5.02 Å². The second-order valence-corrected chi connectivity index (χ2v) is 4.44. The molecule has 19 heavy (non-hydrogen) atoms. The van der Waals surface area contributed by atoms with E-state index in [0.717, 1.165) is 5.69 Å². The van der Waals surface area contributed by atoms with E-state index in [0.29, 0.717) is 23.5 Å². The zero-order chi connectivity index (χ0) is 14.2. The molecule has 100 valence electrons. The van der Waals surface area contributed by atoms with Gasteiger partial charge in [-0.3, -0.25) is 10.1 Å². The summed E-state index contributed by atoms with van der Waals surface area (Å²) in [5.74, 6) is 0.344. The van der Waals surface area contributed by atoms with Gasteiger partial charge in [-0.05, 0) is 25.0 Å². The van der Waals surface area contributed by atoms with Crippen LogP contribution in [0.15, 0.2) is 12.1 Å². The normalized spacial score (nSPS) is 10.7. The molecule has 8 heteroatoms. The topological polar surface area (TPSA) is 99.9 Å². The molecule has 1 aromatic carbocycles. The molecule has 2 rings (SSSR count). The summed E-state index contributed by atoms with van der Waals surface area (Å²) in [7, 11) is 0. The van der Waals surface area contributed by atoms with Gasteiger partial charge in [-0.25, -0.2) is 4.68 Å².